The number of nitrogens with one attached hydrogen (secondary N) is 1. The van der Waals surface area contributed by atoms with Crippen LogP contribution in [0.4, 0.5) is 5.13 Å². The Balaban J connectivity index is 1.54. The summed E-state index contributed by atoms with van der Waals surface area (Å²) in [5.74, 6) is 0.337. The zero-order valence-electron chi connectivity index (χ0n) is 19.1. The molecule has 2 aliphatic heterocycles. The summed E-state index contributed by atoms with van der Waals surface area (Å²) in [5, 5.41) is 12.6. The maximum atomic E-state index is 13.1. The van der Waals surface area contributed by atoms with Crippen LogP contribution in [0.3, 0.4) is 0 Å². The van der Waals surface area contributed by atoms with Crippen LogP contribution in [0.2, 0.25) is 0 Å². The third-order valence-corrected chi connectivity index (χ3v) is 7.13. The van der Waals surface area contributed by atoms with Gasteiger partial charge in [0.15, 0.2) is 16.3 Å². The van der Waals surface area contributed by atoms with Crippen LogP contribution in [0.5, 0.6) is 17.5 Å². The molecule has 3 aromatic rings. The van der Waals surface area contributed by atoms with Crippen molar-refractivity contribution >= 4 is 22.4 Å². The number of fused-ring (bicyclic) bond motifs is 4. The van der Waals surface area contributed by atoms with Gasteiger partial charge in [0, 0.05) is 24.7 Å². The number of amides is 1. The summed E-state index contributed by atoms with van der Waals surface area (Å²) in [6.45, 7) is 5.66. The van der Waals surface area contributed by atoms with Crippen LogP contribution in [0, 0.1) is 11.3 Å². The van der Waals surface area contributed by atoms with Gasteiger partial charge in [-0.3, -0.25) is 15.0 Å². The van der Waals surface area contributed by atoms with Crippen molar-refractivity contribution in [1.82, 2.24) is 19.9 Å². The van der Waals surface area contributed by atoms with Crippen molar-refractivity contribution in [2.24, 2.45) is 0 Å². The van der Waals surface area contributed by atoms with E-state index in [9.17, 15) is 10.1 Å². The van der Waals surface area contributed by atoms with Gasteiger partial charge in [0.05, 0.1) is 36.4 Å². The van der Waals surface area contributed by atoms with Crippen molar-refractivity contribution in [2.45, 2.75) is 25.5 Å². The molecule has 1 aromatic carbocycles. The molecule has 34 heavy (non-hydrogen) atoms. The SMILES string of the molecule is COc1ncnc(OC)c1C(=O)Nc1nc2c(s1)C1(CN(C(C)C)C1)Oc1cc(C#N)ccc1-2. The van der Waals surface area contributed by atoms with Gasteiger partial charge in [-0.1, -0.05) is 11.3 Å². The molecule has 1 fully saturated rings. The number of likely N-dealkylation sites (tertiary alicyclic amines) is 1. The van der Waals surface area contributed by atoms with Crippen LogP contribution in [0.25, 0.3) is 11.3 Å². The lowest BCUT2D eigenvalue weighted by Crippen LogP contribution is -2.64. The van der Waals surface area contributed by atoms with Gasteiger partial charge < -0.3 is 14.2 Å². The average molecular weight is 479 g/mol. The van der Waals surface area contributed by atoms with Gasteiger partial charge in [-0.25, -0.2) is 15.0 Å². The number of hydrogen-bond acceptors (Lipinski definition) is 10. The predicted octanol–water partition coefficient (Wildman–Crippen LogP) is 3.05. The van der Waals surface area contributed by atoms with Gasteiger partial charge in [0.1, 0.15) is 12.1 Å². The van der Waals surface area contributed by atoms with Crippen molar-refractivity contribution in [3.8, 4) is 34.8 Å². The van der Waals surface area contributed by atoms with E-state index in [-0.39, 0.29) is 17.3 Å². The second kappa shape index (κ2) is 8.23. The summed E-state index contributed by atoms with van der Waals surface area (Å²) in [6, 6.07) is 7.84. The summed E-state index contributed by atoms with van der Waals surface area (Å²) in [6.07, 6.45) is 1.27. The second-order valence-corrected chi connectivity index (χ2v) is 9.33. The summed E-state index contributed by atoms with van der Waals surface area (Å²) in [7, 11) is 2.84. The number of aromatic nitrogens is 3. The molecular weight excluding hydrogens is 456 g/mol. The molecular formula is C23H22N6O4S. The molecule has 0 bridgehead atoms. The molecule has 0 radical (unpaired) electrons. The number of methoxy groups -OCH3 is 2. The first-order chi connectivity index (χ1) is 16.4. The lowest BCUT2D eigenvalue weighted by atomic mass is 9.85. The summed E-state index contributed by atoms with van der Waals surface area (Å²) >= 11 is 1.37. The van der Waals surface area contributed by atoms with Crippen LogP contribution in [0.15, 0.2) is 24.5 Å². The van der Waals surface area contributed by atoms with Crippen LogP contribution < -0.4 is 19.5 Å². The maximum absolute atomic E-state index is 13.1. The number of hydrogen-bond donors (Lipinski definition) is 1. The highest BCUT2D eigenvalue weighted by atomic mass is 32.1. The van der Waals surface area contributed by atoms with Gasteiger partial charge >= 0.3 is 0 Å². The fourth-order valence-electron chi connectivity index (χ4n) is 4.19. The summed E-state index contributed by atoms with van der Waals surface area (Å²) in [4.78, 5) is 29.2. The van der Waals surface area contributed by atoms with Gasteiger partial charge in [-0.15, -0.1) is 0 Å². The molecule has 5 rings (SSSR count). The Hall–Kier alpha value is -3.75. The quantitative estimate of drug-likeness (QED) is 0.589. The van der Waals surface area contributed by atoms with Gasteiger partial charge in [-0.05, 0) is 32.0 Å². The predicted molar refractivity (Wildman–Crippen MR) is 124 cm³/mol. The number of thiazole rings is 1. The highest BCUT2D eigenvalue weighted by Crippen LogP contribution is 2.52. The molecule has 0 atom stereocenters. The minimum atomic E-state index is -0.577. The van der Waals surface area contributed by atoms with Gasteiger partial charge in [0.25, 0.3) is 5.91 Å². The maximum Gasteiger partial charge on any atom is 0.268 e. The smallest absolute Gasteiger partial charge is 0.268 e. The zero-order valence-corrected chi connectivity index (χ0v) is 19.9. The number of nitrogens with zero attached hydrogens (tertiary/aromatic N) is 5. The molecule has 2 aliphatic rings. The highest BCUT2D eigenvalue weighted by Gasteiger charge is 2.53. The first-order valence-electron chi connectivity index (χ1n) is 10.6. The minimum Gasteiger partial charge on any atom is -0.480 e. The fourth-order valence-corrected chi connectivity index (χ4v) is 5.28. The molecule has 174 valence electrons. The van der Waals surface area contributed by atoms with Crippen molar-refractivity contribution < 1.29 is 19.0 Å². The van der Waals surface area contributed by atoms with Gasteiger partial charge in [-0.2, -0.15) is 5.26 Å². The molecule has 1 N–H and O–H groups in total. The van der Waals surface area contributed by atoms with E-state index >= 15 is 0 Å². The number of carbonyl (C=O) groups excluding carboxylic acids is 1. The van der Waals surface area contributed by atoms with E-state index in [1.165, 1.54) is 31.9 Å². The lowest BCUT2D eigenvalue weighted by molar-refractivity contribution is -0.0955. The van der Waals surface area contributed by atoms with Crippen LogP contribution in [-0.4, -0.2) is 59.1 Å². The zero-order chi connectivity index (χ0) is 24.0. The Morgan fingerprint density at radius 1 is 1.26 bits per heavy atom. The molecule has 0 unspecified atom stereocenters. The van der Waals surface area contributed by atoms with E-state index in [1.54, 1.807) is 12.1 Å². The average Bonchev–Trinajstić information content (AvgIpc) is 3.24. The Labute approximate surface area is 200 Å². The summed E-state index contributed by atoms with van der Waals surface area (Å²) in [5.41, 5.74) is 1.56. The second-order valence-electron chi connectivity index (χ2n) is 8.34. The number of nitriles is 1. The molecule has 0 aliphatic carbocycles. The standard InChI is InChI=1S/C23H22N6O4S/c1-12(2)29-9-23(10-29)18-17(14-6-5-13(8-24)7-15(14)33-23)27-22(34-18)28-19(30)16-20(31-3)25-11-26-21(16)32-4/h5-7,11-12H,9-10H2,1-4H3,(H,27,28,30). The molecule has 10 nitrogen and oxygen atoms in total. The third kappa shape index (κ3) is 3.43. The molecule has 1 saturated heterocycles. The lowest BCUT2D eigenvalue weighted by Gasteiger charge is -2.52. The first-order valence-corrected chi connectivity index (χ1v) is 11.4. The van der Waals surface area contributed by atoms with E-state index in [2.05, 4.69) is 40.1 Å². The van der Waals surface area contributed by atoms with E-state index < -0.39 is 11.5 Å². The van der Waals surface area contributed by atoms with Crippen LogP contribution in [0.1, 0.15) is 34.6 Å². The largest absolute Gasteiger partial charge is 0.480 e. The van der Waals surface area contributed by atoms with Crippen molar-refractivity contribution in [3.63, 3.8) is 0 Å². The number of benzene rings is 1. The molecule has 11 heteroatoms. The highest BCUT2D eigenvalue weighted by molar-refractivity contribution is 7.16. The fraction of sp³-hybridized carbons (Fsp3) is 0.348. The topological polar surface area (TPSA) is 122 Å². The first kappa shape index (κ1) is 22.1. The molecule has 2 aromatic heterocycles. The Kier molecular flexibility index (Phi) is 5.34. The molecule has 1 amide bonds. The number of carbonyl (C=O) groups is 1. The van der Waals surface area contributed by atoms with Crippen molar-refractivity contribution in [2.75, 3.05) is 32.6 Å². The molecule has 0 saturated carbocycles. The molecule has 1 spiro atoms. The number of ether oxygens (including phenoxy) is 3. The van der Waals surface area contributed by atoms with E-state index in [0.29, 0.717) is 35.6 Å². The Morgan fingerprint density at radius 2 is 1.97 bits per heavy atom. The van der Waals surface area contributed by atoms with Crippen molar-refractivity contribution in [3.05, 3.63) is 40.5 Å². The Bertz CT molecular complexity index is 1300. The monoisotopic (exact) mass is 478 g/mol. The Morgan fingerprint density at radius 3 is 2.59 bits per heavy atom. The third-order valence-electron chi connectivity index (χ3n) is 5.97. The number of anilines is 1. The minimum absolute atomic E-state index is 0.0836. The van der Waals surface area contributed by atoms with E-state index in [0.717, 1.165) is 16.1 Å². The van der Waals surface area contributed by atoms with E-state index in [1.807, 2.05) is 6.07 Å². The summed E-state index contributed by atoms with van der Waals surface area (Å²) < 4.78 is 16.9. The van der Waals surface area contributed by atoms with Crippen molar-refractivity contribution in [1.29, 1.82) is 5.26 Å². The van der Waals surface area contributed by atoms with Gasteiger partial charge in [0.2, 0.25) is 11.8 Å². The van der Waals surface area contributed by atoms with Crippen LogP contribution in [-0.2, 0) is 5.60 Å². The van der Waals surface area contributed by atoms with E-state index in [4.69, 9.17) is 19.2 Å². The molecule has 4 heterocycles. The van der Waals surface area contributed by atoms with Crippen LogP contribution >= 0.6 is 11.3 Å². The normalized spacial score (nSPS) is 15.5. The number of rotatable bonds is 5.